The van der Waals surface area contributed by atoms with E-state index in [1.54, 1.807) is 0 Å². The number of nitrogens with zero attached hydrogens (tertiary/aromatic N) is 2. The Morgan fingerprint density at radius 2 is 1.96 bits per heavy atom. The Bertz CT molecular complexity index is 691. The molecule has 2 atom stereocenters. The van der Waals surface area contributed by atoms with Crippen LogP contribution in [0.2, 0.25) is 0 Å². The van der Waals surface area contributed by atoms with Crippen LogP contribution in [0.4, 0.5) is 0 Å². The van der Waals surface area contributed by atoms with Crippen LogP contribution in [0.25, 0.3) is 0 Å². The maximum absolute atomic E-state index is 13.4. The number of fused-ring (bicyclic) bond motifs is 4. The highest BCUT2D eigenvalue weighted by Crippen LogP contribution is 2.47. The van der Waals surface area contributed by atoms with Crippen molar-refractivity contribution < 1.29 is 9.53 Å². The molecule has 5 heterocycles. The number of piperidine rings is 3. The van der Waals surface area contributed by atoms with Gasteiger partial charge in [0.1, 0.15) is 0 Å². The monoisotopic (exact) mass is 354 g/mol. The number of hydrogen-bond acceptors (Lipinski definition) is 3. The van der Waals surface area contributed by atoms with Gasteiger partial charge in [-0.1, -0.05) is 31.2 Å². The van der Waals surface area contributed by atoms with Crippen molar-refractivity contribution >= 4 is 5.91 Å². The lowest BCUT2D eigenvalue weighted by Crippen LogP contribution is -2.55. The first-order chi connectivity index (χ1) is 12.6. The Morgan fingerprint density at radius 3 is 2.62 bits per heavy atom. The molecule has 2 bridgehead atoms. The predicted octanol–water partition coefficient (Wildman–Crippen LogP) is 2.88. The first-order valence-corrected chi connectivity index (χ1v) is 10.3. The van der Waals surface area contributed by atoms with Crippen molar-refractivity contribution in [3.63, 3.8) is 0 Å². The second-order valence-electron chi connectivity index (χ2n) is 9.19. The van der Waals surface area contributed by atoms with Crippen LogP contribution >= 0.6 is 0 Å². The summed E-state index contributed by atoms with van der Waals surface area (Å²) < 4.78 is 5.58. The van der Waals surface area contributed by atoms with Crippen molar-refractivity contribution in [2.75, 3.05) is 39.4 Å². The van der Waals surface area contributed by atoms with Crippen LogP contribution in [0.5, 0.6) is 0 Å². The largest absolute Gasteiger partial charge is 0.380 e. The molecule has 5 aliphatic heterocycles. The molecule has 4 nitrogen and oxygen atoms in total. The van der Waals surface area contributed by atoms with E-state index >= 15 is 0 Å². The quantitative estimate of drug-likeness (QED) is 0.837. The molecule has 4 heteroatoms. The van der Waals surface area contributed by atoms with Crippen molar-refractivity contribution in [1.29, 1.82) is 0 Å². The van der Waals surface area contributed by atoms with E-state index in [4.69, 9.17) is 4.74 Å². The molecule has 1 aromatic rings. The Hall–Kier alpha value is -1.39. The van der Waals surface area contributed by atoms with Crippen LogP contribution in [0.1, 0.15) is 43.4 Å². The van der Waals surface area contributed by atoms with Gasteiger partial charge in [-0.25, -0.2) is 0 Å². The average Bonchev–Trinajstić information content (AvgIpc) is 2.66. The normalized spacial score (nSPS) is 34.9. The van der Waals surface area contributed by atoms with Crippen LogP contribution in [0, 0.1) is 17.3 Å². The van der Waals surface area contributed by atoms with Crippen molar-refractivity contribution in [2.45, 2.75) is 38.6 Å². The average molecular weight is 354 g/mol. The van der Waals surface area contributed by atoms with E-state index < -0.39 is 0 Å². The van der Waals surface area contributed by atoms with Gasteiger partial charge in [-0.15, -0.1) is 0 Å². The van der Waals surface area contributed by atoms with E-state index in [9.17, 15) is 4.79 Å². The van der Waals surface area contributed by atoms with Crippen molar-refractivity contribution in [2.24, 2.45) is 17.3 Å². The number of carbonyl (C=O) groups is 1. The number of benzene rings is 1. The predicted molar refractivity (Wildman–Crippen MR) is 101 cm³/mol. The number of ether oxygens (including phenoxy) is 1. The first-order valence-electron chi connectivity index (χ1n) is 10.3. The fraction of sp³-hybridized carbons (Fsp3) is 0.682. The minimum atomic E-state index is 0.0568. The zero-order valence-electron chi connectivity index (χ0n) is 15.8. The van der Waals surface area contributed by atoms with E-state index in [1.807, 2.05) is 0 Å². The SMILES string of the molecule is CC1([C@@H]2c3ccccc3CCN2C(=O)C[C@@H]2CN3CCC2CC3)COC1. The summed E-state index contributed by atoms with van der Waals surface area (Å²) in [7, 11) is 0. The first kappa shape index (κ1) is 16.8. The molecular formula is C22H30N2O2. The molecule has 4 saturated heterocycles. The van der Waals surface area contributed by atoms with Crippen LogP contribution < -0.4 is 0 Å². The summed E-state index contributed by atoms with van der Waals surface area (Å²) in [5.74, 6) is 1.70. The number of carbonyl (C=O) groups excluding carboxylic acids is 1. The third-order valence-electron chi connectivity index (χ3n) is 7.36. The van der Waals surface area contributed by atoms with Crippen molar-refractivity contribution in [3.05, 3.63) is 35.4 Å². The summed E-state index contributed by atoms with van der Waals surface area (Å²) in [6.45, 7) is 8.28. The van der Waals surface area contributed by atoms with E-state index in [2.05, 4.69) is 41.0 Å². The van der Waals surface area contributed by atoms with Gasteiger partial charge in [-0.2, -0.15) is 0 Å². The lowest BCUT2D eigenvalue weighted by Gasteiger charge is -2.52. The fourth-order valence-corrected chi connectivity index (χ4v) is 5.83. The lowest BCUT2D eigenvalue weighted by molar-refractivity contribution is -0.165. The minimum absolute atomic E-state index is 0.0568. The molecule has 140 valence electrons. The van der Waals surface area contributed by atoms with Crippen molar-refractivity contribution in [1.82, 2.24) is 9.80 Å². The number of rotatable bonds is 3. The van der Waals surface area contributed by atoms with E-state index in [1.165, 1.54) is 37.1 Å². The Balaban J connectivity index is 1.39. The summed E-state index contributed by atoms with van der Waals surface area (Å²) in [6, 6.07) is 8.89. The topological polar surface area (TPSA) is 32.8 Å². The molecule has 4 fully saturated rings. The molecule has 1 amide bonds. The third-order valence-corrected chi connectivity index (χ3v) is 7.36. The molecule has 0 saturated carbocycles. The molecule has 0 radical (unpaired) electrons. The van der Waals surface area contributed by atoms with Gasteiger partial charge < -0.3 is 14.5 Å². The maximum atomic E-state index is 13.4. The standard InChI is InChI=1S/C22H30N2O2/c1-22(14-26-15-22)21-19-5-3-2-4-17(19)8-11-24(21)20(25)12-18-13-23-9-6-16(18)7-10-23/h2-5,16,18,21H,6-15H2,1H3/t18-,21+/m1/s1. The van der Waals surface area contributed by atoms with Gasteiger partial charge in [-0.05, 0) is 55.3 Å². The smallest absolute Gasteiger partial charge is 0.223 e. The highest BCUT2D eigenvalue weighted by atomic mass is 16.5. The molecule has 1 aromatic carbocycles. The zero-order valence-corrected chi connectivity index (χ0v) is 15.8. The van der Waals surface area contributed by atoms with Gasteiger partial charge in [0, 0.05) is 24.9 Å². The van der Waals surface area contributed by atoms with Crippen LogP contribution in [-0.2, 0) is 16.0 Å². The van der Waals surface area contributed by atoms with Gasteiger partial charge in [0.25, 0.3) is 0 Å². The molecule has 0 N–H and O–H groups in total. The third kappa shape index (κ3) is 2.69. The Morgan fingerprint density at radius 1 is 1.19 bits per heavy atom. The lowest BCUT2D eigenvalue weighted by atomic mass is 9.72. The number of hydrogen-bond donors (Lipinski definition) is 0. The van der Waals surface area contributed by atoms with Gasteiger partial charge >= 0.3 is 0 Å². The molecule has 0 unspecified atom stereocenters. The maximum Gasteiger partial charge on any atom is 0.223 e. The molecule has 5 aliphatic rings. The Labute approximate surface area is 156 Å². The van der Waals surface area contributed by atoms with Gasteiger partial charge in [0.15, 0.2) is 0 Å². The zero-order chi connectivity index (χ0) is 17.7. The highest BCUT2D eigenvalue weighted by Gasteiger charge is 2.49. The van der Waals surface area contributed by atoms with E-state index in [-0.39, 0.29) is 11.5 Å². The molecule has 6 rings (SSSR count). The van der Waals surface area contributed by atoms with Gasteiger partial charge in [-0.3, -0.25) is 4.79 Å². The fourth-order valence-electron chi connectivity index (χ4n) is 5.83. The number of amides is 1. The van der Waals surface area contributed by atoms with E-state index in [0.717, 1.165) is 45.1 Å². The van der Waals surface area contributed by atoms with Crippen LogP contribution in [0.15, 0.2) is 24.3 Å². The molecule has 0 aliphatic carbocycles. The van der Waals surface area contributed by atoms with Crippen LogP contribution in [0.3, 0.4) is 0 Å². The molecular weight excluding hydrogens is 324 g/mol. The van der Waals surface area contributed by atoms with Crippen molar-refractivity contribution in [3.8, 4) is 0 Å². The van der Waals surface area contributed by atoms with Gasteiger partial charge in [0.2, 0.25) is 5.91 Å². The second kappa shape index (κ2) is 6.35. The second-order valence-corrected chi connectivity index (χ2v) is 9.19. The summed E-state index contributed by atoms with van der Waals surface area (Å²) in [4.78, 5) is 18.2. The minimum Gasteiger partial charge on any atom is -0.380 e. The molecule has 0 spiro atoms. The summed E-state index contributed by atoms with van der Waals surface area (Å²) in [6.07, 6.45) is 4.29. The highest BCUT2D eigenvalue weighted by molar-refractivity contribution is 5.77. The summed E-state index contributed by atoms with van der Waals surface area (Å²) in [5, 5.41) is 0. The summed E-state index contributed by atoms with van der Waals surface area (Å²) in [5.41, 5.74) is 2.82. The van der Waals surface area contributed by atoms with E-state index in [0.29, 0.717) is 11.8 Å². The molecule has 0 aromatic heterocycles. The van der Waals surface area contributed by atoms with Gasteiger partial charge in [0.05, 0.1) is 19.3 Å². The summed E-state index contributed by atoms with van der Waals surface area (Å²) >= 11 is 0. The Kier molecular flexibility index (Phi) is 4.09. The molecule has 26 heavy (non-hydrogen) atoms. The van der Waals surface area contributed by atoms with Crippen LogP contribution in [-0.4, -0.2) is 55.1 Å².